The fourth-order valence-corrected chi connectivity index (χ4v) is 4.82. The topological polar surface area (TPSA) is 63.7 Å². The molecular formula is C20H17NO4S. The number of carbonyl (C=O) groups excluding carboxylic acids is 3. The van der Waals surface area contributed by atoms with Gasteiger partial charge in [0.05, 0.1) is 5.69 Å². The number of thioether (sulfide) groups is 1. The van der Waals surface area contributed by atoms with Crippen LogP contribution in [0.15, 0.2) is 59.5 Å². The maximum Gasteiger partial charge on any atom is 0.344 e. The normalized spacial score (nSPS) is 21.9. The van der Waals surface area contributed by atoms with Gasteiger partial charge in [-0.25, -0.2) is 4.79 Å². The third-order valence-electron chi connectivity index (χ3n) is 4.70. The Balaban J connectivity index is 1.58. The van der Waals surface area contributed by atoms with Gasteiger partial charge in [0, 0.05) is 23.3 Å². The van der Waals surface area contributed by atoms with Crippen LogP contribution < -0.4 is 4.90 Å². The monoisotopic (exact) mass is 367 g/mol. The number of Topliss-reactive ketones (excluding diaryl/α,β-unsaturated/α-hetero) is 1. The van der Waals surface area contributed by atoms with Gasteiger partial charge in [0.25, 0.3) is 0 Å². The highest BCUT2D eigenvalue weighted by Crippen LogP contribution is 2.56. The Bertz CT molecular complexity index is 898. The fraction of sp³-hybridized carbons (Fsp3) is 0.250. The maximum atomic E-state index is 13.0. The van der Waals surface area contributed by atoms with Crippen molar-refractivity contribution in [3.8, 4) is 0 Å². The Morgan fingerprint density at radius 1 is 1.12 bits per heavy atom. The third kappa shape index (κ3) is 2.52. The van der Waals surface area contributed by atoms with E-state index in [1.54, 1.807) is 31.2 Å². The first-order valence-corrected chi connectivity index (χ1v) is 9.26. The molecule has 1 amide bonds. The molecular weight excluding hydrogens is 350 g/mol. The number of amides is 1. The van der Waals surface area contributed by atoms with Crippen molar-refractivity contribution in [2.45, 2.75) is 35.6 Å². The van der Waals surface area contributed by atoms with Crippen LogP contribution in [0.2, 0.25) is 0 Å². The minimum atomic E-state index is -1.11. The second-order valence-corrected chi connectivity index (χ2v) is 7.68. The first-order chi connectivity index (χ1) is 12.5. The molecule has 1 saturated heterocycles. The molecule has 2 aromatic rings. The Kier molecular flexibility index (Phi) is 4.07. The van der Waals surface area contributed by atoms with E-state index in [-0.39, 0.29) is 18.1 Å². The molecule has 1 fully saturated rings. The summed E-state index contributed by atoms with van der Waals surface area (Å²) in [7, 11) is 0. The predicted molar refractivity (Wildman–Crippen MR) is 98.1 cm³/mol. The van der Waals surface area contributed by atoms with E-state index in [1.165, 1.54) is 16.7 Å². The van der Waals surface area contributed by atoms with Crippen molar-refractivity contribution in [3.05, 3.63) is 60.2 Å². The lowest BCUT2D eigenvalue weighted by molar-refractivity contribution is -0.149. The lowest BCUT2D eigenvalue weighted by Crippen LogP contribution is -2.49. The Labute approximate surface area is 155 Å². The number of rotatable bonds is 4. The highest BCUT2D eigenvalue weighted by atomic mass is 32.2. The van der Waals surface area contributed by atoms with Gasteiger partial charge in [-0.15, -0.1) is 0 Å². The fourth-order valence-electron chi connectivity index (χ4n) is 3.42. The summed E-state index contributed by atoms with van der Waals surface area (Å²) in [5, 5.41) is 0. The molecule has 0 aliphatic carbocycles. The first kappa shape index (κ1) is 16.8. The molecule has 2 unspecified atom stereocenters. The summed E-state index contributed by atoms with van der Waals surface area (Å²) in [5.41, 5.74) is 1.23. The highest BCUT2D eigenvalue weighted by Gasteiger charge is 2.58. The van der Waals surface area contributed by atoms with Crippen molar-refractivity contribution in [2.75, 3.05) is 4.90 Å². The van der Waals surface area contributed by atoms with Crippen molar-refractivity contribution in [1.82, 2.24) is 0 Å². The molecule has 6 heteroatoms. The zero-order valence-corrected chi connectivity index (χ0v) is 15.0. The molecule has 132 valence electrons. The number of para-hydroxylation sites is 1. The molecule has 4 rings (SSSR count). The van der Waals surface area contributed by atoms with Crippen LogP contribution in [-0.4, -0.2) is 28.6 Å². The summed E-state index contributed by atoms with van der Waals surface area (Å²) in [4.78, 5) is 39.2. The standard InChI is InChI=1S/C20H17NO4S/c1-13(18(23)14-7-3-2-4-8-14)25-19(24)20-12-11-17(22)21(20)15-9-5-6-10-16(15)26-20/h2-10,13H,11-12H2,1H3. The summed E-state index contributed by atoms with van der Waals surface area (Å²) in [6.07, 6.45) is -0.255. The van der Waals surface area contributed by atoms with E-state index in [0.29, 0.717) is 12.0 Å². The van der Waals surface area contributed by atoms with Crippen molar-refractivity contribution in [3.63, 3.8) is 0 Å². The van der Waals surface area contributed by atoms with Gasteiger partial charge in [0.15, 0.2) is 11.0 Å². The second-order valence-electron chi connectivity index (χ2n) is 6.36. The predicted octanol–water partition coefficient (Wildman–Crippen LogP) is 3.43. The van der Waals surface area contributed by atoms with Gasteiger partial charge >= 0.3 is 5.97 Å². The molecule has 2 aliphatic rings. The lowest BCUT2D eigenvalue weighted by atomic mass is 10.1. The highest BCUT2D eigenvalue weighted by molar-refractivity contribution is 8.02. The van der Waals surface area contributed by atoms with Crippen LogP contribution in [0, 0.1) is 0 Å². The quantitative estimate of drug-likeness (QED) is 0.612. The molecule has 0 radical (unpaired) electrons. The van der Waals surface area contributed by atoms with Crippen LogP contribution in [0.5, 0.6) is 0 Å². The number of anilines is 1. The van der Waals surface area contributed by atoms with Gasteiger partial charge in [-0.05, 0) is 19.1 Å². The number of carbonyl (C=O) groups is 3. The summed E-state index contributed by atoms with van der Waals surface area (Å²) < 4.78 is 5.53. The maximum absolute atomic E-state index is 13.0. The van der Waals surface area contributed by atoms with Crippen LogP contribution in [0.4, 0.5) is 5.69 Å². The molecule has 2 aliphatic heterocycles. The average Bonchev–Trinajstić information content (AvgIpc) is 3.17. The zero-order valence-electron chi connectivity index (χ0n) is 14.2. The summed E-state index contributed by atoms with van der Waals surface area (Å²) in [5.74, 6) is -0.894. The molecule has 0 bridgehead atoms. The first-order valence-electron chi connectivity index (χ1n) is 8.44. The Morgan fingerprint density at radius 3 is 2.58 bits per heavy atom. The van der Waals surface area contributed by atoms with Crippen LogP contribution in [0.25, 0.3) is 0 Å². The summed E-state index contributed by atoms with van der Waals surface area (Å²) >= 11 is 1.33. The van der Waals surface area contributed by atoms with Gasteiger partial charge in [0.1, 0.15) is 0 Å². The number of hydrogen-bond acceptors (Lipinski definition) is 5. The number of esters is 1. The number of hydrogen-bond donors (Lipinski definition) is 0. The number of fused-ring (bicyclic) bond motifs is 3. The van der Waals surface area contributed by atoms with Crippen LogP contribution in [0.1, 0.15) is 30.1 Å². The smallest absolute Gasteiger partial charge is 0.344 e. The summed E-state index contributed by atoms with van der Waals surface area (Å²) in [6.45, 7) is 1.57. The lowest BCUT2D eigenvalue weighted by Gasteiger charge is -2.29. The van der Waals surface area contributed by atoms with Crippen LogP contribution >= 0.6 is 11.8 Å². The Hall–Kier alpha value is -2.60. The van der Waals surface area contributed by atoms with E-state index in [2.05, 4.69) is 0 Å². The number of ketones is 1. The zero-order chi connectivity index (χ0) is 18.3. The van der Waals surface area contributed by atoms with E-state index in [9.17, 15) is 14.4 Å². The van der Waals surface area contributed by atoms with Gasteiger partial charge in [-0.1, -0.05) is 54.2 Å². The van der Waals surface area contributed by atoms with E-state index in [0.717, 1.165) is 10.6 Å². The number of benzene rings is 2. The van der Waals surface area contributed by atoms with Gasteiger partial charge in [-0.2, -0.15) is 0 Å². The number of nitrogens with zero attached hydrogens (tertiary/aromatic N) is 1. The third-order valence-corrected chi connectivity index (χ3v) is 6.16. The van der Waals surface area contributed by atoms with Gasteiger partial charge in [0.2, 0.25) is 11.7 Å². The molecule has 5 nitrogen and oxygen atoms in total. The average molecular weight is 367 g/mol. The van der Waals surface area contributed by atoms with Crippen molar-refractivity contribution >= 4 is 35.1 Å². The van der Waals surface area contributed by atoms with Crippen molar-refractivity contribution in [2.24, 2.45) is 0 Å². The molecule has 2 aromatic carbocycles. The molecule has 0 N–H and O–H groups in total. The van der Waals surface area contributed by atoms with Gasteiger partial charge in [-0.3, -0.25) is 14.5 Å². The number of ether oxygens (including phenoxy) is 1. The molecule has 0 saturated carbocycles. The molecule has 0 spiro atoms. The molecule has 2 heterocycles. The largest absolute Gasteiger partial charge is 0.452 e. The molecule has 0 aromatic heterocycles. The molecule has 2 atom stereocenters. The van der Waals surface area contributed by atoms with E-state index >= 15 is 0 Å². The second kappa shape index (κ2) is 6.29. The van der Waals surface area contributed by atoms with Crippen molar-refractivity contribution < 1.29 is 19.1 Å². The van der Waals surface area contributed by atoms with Crippen LogP contribution in [-0.2, 0) is 14.3 Å². The minimum absolute atomic E-state index is 0.0959. The minimum Gasteiger partial charge on any atom is -0.452 e. The van der Waals surface area contributed by atoms with E-state index < -0.39 is 16.9 Å². The van der Waals surface area contributed by atoms with E-state index in [4.69, 9.17) is 4.74 Å². The van der Waals surface area contributed by atoms with Crippen LogP contribution in [0.3, 0.4) is 0 Å². The van der Waals surface area contributed by atoms with E-state index in [1.807, 2.05) is 30.3 Å². The SMILES string of the molecule is CC(OC(=O)C12CCC(=O)N1c1ccccc1S2)C(=O)c1ccccc1. The molecule has 26 heavy (non-hydrogen) atoms. The van der Waals surface area contributed by atoms with Gasteiger partial charge < -0.3 is 4.74 Å². The Morgan fingerprint density at radius 2 is 1.81 bits per heavy atom. The summed E-state index contributed by atoms with van der Waals surface area (Å²) in [6, 6.07) is 16.2. The van der Waals surface area contributed by atoms with Crippen molar-refractivity contribution in [1.29, 1.82) is 0 Å².